The highest BCUT2D eigenvalue weighted by molar-refractivity contribution is 7.91. The molecule has 2 aromatic rings. The summed E-state index contributed by atoms with van der Waals surface area (Å²) in [5.41, 5.74) is 4.39. The van der Waals surface area contributed by atoms with Crippen LogP contribution in [0.15, 0.2) is 24.3 Å². The largest absolute Gasteiger partial charge is 0.351 e. The maximum atomic E-state index is 12.4. The van der Waals surface area contributed by atoms with Gasteiger partial charge in [0.2, 0.25) is 0 Å². The fourth-order valence-electron chi connectivity index (χ4n) is 3.20. The van der Waals surface area contributed by atoms with Crippen LogP contribution in [-0.2, 0) is 9.84 Å². The Bertz CT molecular complexity index is 932. The summed E-state index contributed by atoms with van der Waals surface area (Å²) in [6.45, 7) is 6.66. The number of hydrogen-bond donors (Lipinski definition) is 1. The molecule has 1 aromatic carbocycles. The number of carbonyl (C=O) groups is 1. The minimum Gasteiger partial charge on any atom is -0.351 e. The highest BCUT2D eigenvalue weighted by Gasteiger charge is 2.32. The first kappa shape index (κ1) is 18.6. The van der Waals surface area contributed by atoms with Crippen LogP contribution in [0.4, 0.5) is 0 Å². The number of sulfone groups is 1. The molecule has 1 aliphatic heterocycles. The zero-order chi connectivity index (χ0) is 18.9. The molecule has 7 heteroatoms. The van der Waals surface area contributed by atoms with Gasteiger partial charge in [0, 0.05) is 12.1 Å². The highest BCUT2D eigenvalue weighted by Crippen LogP contribution is 2.31. The minimum atomic E-state index is -3.04. The number of nitrogens with zero attached hydrogens (tertiary/aromatic N) is 2. The molecule has 0 unspecified atom stereocenters. The van der Waals surface area contributed by atoms with Crippen molar-refractivity contribution in [3.8, 4) is 11.3 Å². The van der Waals surface area contributed by atoms with Crippen molar-refractivity contribution >= 4 is 15.7 Å². The Morgan fingerprint density at radius 3 is 2.65 bits per heavy atom. The summed E-state index contributed by atoms with van der Waals surface area (Å²) in [6, 6.07) is 7.61. The summed E-state index contributed by atoms with van der Waals surface area (Å²) in [4.78, 5) is 12.4. The molecule has 1 aliphatic rings. The van der Waals surface area contributed by atoms with E-state index in [9.17, 15) is 13.2 Å². The summed E-state index contributed by atoms with van der Waals surface area (Å²) in [5, 5.41) is 7.31. The lowest BCUT2D eigenvalue weighted by molar-refractivity contribution is 0.0947. The molecule has 0 bridgehead atoms. The van der Waals surface area contributed by atoms with E-state index in [1.807, 2.05) is 32.9 Å². The van der Waals surface area contributed by atoms with E-state index in [0.717, 1.165) is 23.2 Å². The van der Waals surface area contributed by atoms with Crippen molar-refractivity contribution in [2.45, 2.75) is 39.7 Å². The molecule has 0 spiro atoms. The Kier molecular flexibility index (Phi) is 5.18. The van der Waals surface area contributed by atoms with Gasteiger partial charge in [-0.15, -0.1) is 0 Å². The Hall–Kier alpha value is -2.15. The van der Waals surface area contributed by atoms with Crippen molar-refractivity contribution in [3.63, 3.8) is 0 Å². The van der Waals surface area contributed by atoms with Gasteiger partial charge in [-0.2, -0.15) is 5.10 Å². The Balaban J connectivity index is 2.04. The van der Waals surface area contributed by atoms with E-state index in [1.165, 1.54) is 5.56 Å². The van der Waals surface area contributed by atoms with E-state index in [1.54, 1.807) is 10.7 Å². The monoisotopic (exact) mass is 375 g/mol. The SMILES string of the molecule is CCCNC(=O)c1cc(-c2ccc(C)c(C)c2)n([C@@H]2CCS(=O)(=O)C2)n1. The van der Waals surface area contributed by atoms with E-state index in [4.69, 9.17) is 0 Å². The molecule has 1 fully saturated rings. The number of benzene rings is 1. The molecule has 0 aliphatic carbocycles. The molecule has 0 saturated carbocycles. The van der Waals surface area contributed by atoms with Gasteiger partial charge in [-0.05, 0) is 49.9 Å². The van der Waals surface area contributed by atoms with Crippen molar-refractivity contribution in [1.82, 2.24) is 15.1 Å². The third kappa shape index (κ3) is 3.82. The Labute approximate surface area is 154 Å². The molecule has 1 N–H and O–H groups in total. The lowest BCUT2D eigenvalue weighted by Gasteiger charge is -2.14. The first-order chi connectivity index (χ1) is 12.3. The van der Waals surface area contributed by atoms with Crippen LogP contribution in [0, 0.1) is 13.8 Å². The summed E-state index contributed by atoms with van der Waals surface area (Å²) in [6.07, 6.45) is 1.37. The molecular formula is C19H25N3O3S. The lowest BCUT2D eigenvalue weighted by atomic mass is 10.0. The quantitative estimate of drug-likeness (QED) is 0.871. The van der Waals surface area contributed by atoms with E-state index >= 15 is 0 Å². The zero-order valence-electron chi connectivity index (χ0n) is 15.4. The van der Waals surface area contributed by atoms with Gasteiger partial charge >= 0.3 is 0 Å². The number of hydrogen-bond acceptors (Lipinski definition) is 4. The first-order valence-electron chi connectivity index (χ1n) is 8.96. The van der Waals surface area contributed by atoms with E-state index in [-0.39, 0.29) is 23.5 Å². The molecule has 0 radical (unpaired) electrons. The predicted octanol–water partition coefficient (Wildman–Crippen LogP) is 2.67. The maximum absolute atomic E-state index is 12.4. The van der Waals surface area contributed by atoms with Gasteiger partial charge < -0.3 is 5.32 Å². The predicted molar refractivity (Wildman–Crippen MR) is 102 cm³/mol. The fraction of sp³-hybridized carbons (Fsp3) is 0.474. The number of rotatable bonds is 5. The second-order valence-electron chi connectivity index (χ2n) is 6.97. The van der Waals surface area contributed by atoms with Gasteiger partial charge in [0.05, 0.1) is 23.2 Å². The standard InChI is InChI=1S/C19H25N3O3S/c1-4-8-20-19(23)17-11-18(15-6-5-13(2)14(3)10-15)22(21-17)16-7-9-26(24,25)12-16/h5-6,10-11,16H,4,7-9,12H2,1-3H3,(H,20,23)/t16-/m1/s1. The van der Waals surface area contributed by atoms with Crippen LogP contribution in [0.2, 0.25) is 0 Å². The Morgan fingerprint density at radius 1 is 1.27 bits per heavy atom. The van der Waals surface area contributed by atoms with E-state index < -0.39 is 9.84 Å². The smallest absolute Gasteiger partial charge is 0.271 e. The molecule has 1 amide bonds. The molecular weight excluding hydrogens is 350 g/mol. The first-order valence-corrected chi connectivity index (χ1v) is 10.8. The van der Waals surface area contributed by atoms with Crippen LogP contribution >= 0.6 is 0 Å². The molecule has 6 nitrogen and oxygen atoms in total. The van der Waals surface area contributed by atoms with Gasteiger partial charge in [-0.1, -0.05) is 19.1 Å². The summed E-state index contributed by atoms with van der Waals surface area (Å²) in [5.74, 6) is 0.0145. The molecule has 2 heterocycles. The number of amides is 1. The number of aromatic nitrogens is 2. The van der Waals surface area contributed by atoms with Crippen LogP contribution in [0.5, 0.6) is 0 Å². The second kappa shape index (κ2) is 7.23. The van der Waals surface area contributed by atoms with Crippen LogP contribution < -0.4 is 5.32 Å². The van der Waals surface area contributed by atoms with E-state index in [0.29, 0.717) is 18.7 Å². The van der Waals surface area contributed by atoms with Gasteiger partial charge in [-0.3, -0.25) is 9.48 Å². The minimum absolute atomic E-state index is 0.0720. The van der Waals surface area contributed by atoms with Crippen molar-refractivity contribution in [2.24, 2.45) is 0 Å². The van der Waals surface area contributed by atoms with Crippen LogP contribution in [0.3, 0.4) is 0 Å². The van der Waals surface area contributed by atoms with Gasteiger partial charge in [-0.25, -0.2) is 8.42 Å². The Morgan fingerprint density at radius 2 is 2.04 bits per heavy atom. The zero-order valence-corrected chi connectivity index (χ0v) is 16.3. The molecule has 26 heavy (non-hydrogen) atoms. The van der Waals surface area contributed by atoms with Crippen molar-refractivity contribution in [3.05, 3.63) is 41.1 Å². The molecule has 3 rings (SSSR count). The highest BCUT2D eigenvalue weighted by atomic mass is 32.2. The third-order valence-corrected chi connectivity index (χ3v) is 6.61. The molecule has 1 saturated heterocycles. The van der Waals surface area contributed by atoms with Crippen LogP contribution in [0.1, 0.15) is 47.4 Å². The average molecular weight is 375 g/mol. The fourth-order valence-corrected chi connectivity index (χ4v) is 4.89. The summed E-state index contributed by atoms with van der Waals surface area (Å²) < 4.78 is 25.6. The van der Waals surface area contributed by atoms with Crippen molar-refractivity contribution in [2.75, 3.05) is 18.1 Å². The molecule has 140 valence electrons. The maximum Gasteiger partial charge on any atom is 0.271 e. The normalized spacial score (nSPS) is 18.8. The topological polar surface area (TPSA) is 81.1 Å². The van der Waals surface area contributed by atoms with E-state index in [2.05, 4.69) is 16.5 Å². The van der Waals surface area contributed by atoms with Crippen molar-refractivity contribution < 1.29 is 13.2 Å². The second-order valence-corrected chi connectivity index (χ2v) is 9.20. The molecule has 1 atom stereocenters. The lowest BCUT2D eigenvalue weighted by Crippen LogP contribution is -2.25. The van der Waals surface area contributed by atoms with Gasteiger partial charge in [0.1, 0.15) is 0 Å². The number of carbonyl (C=O) groups excluding carboxylic acids is 1. The summed E-state index contributed by atoms with van der Waals surface area (Å²) in [7, 11) is -3.04. The van der Waals surface area contributed by atoms with Crippen molar-refractivity contribution in [1.29, 1.82) is 0 Å². The average Bonchev–Trinajstić information content (AvgIpc) is 3.18. The van der Waals surface area contributed by atoms with Gasteiger partial charge in [0.15, 0.2) is 15.5 Å². The number of nitrogens with one attached hydrogen (secondary N) is 1. The molecule has 1 aromatic heterocycles. The van der Waals surface area contributed by atoms with Crippen LogP contribution in [-0.4, -0.2) is 42.2 Å². The van der Waals surface area contributed by atoms with Gasteiger partial charge in [0.25, 0.3) is 5.91 Å². The van der Waals surface area contributed by atoms with Crippen LogP contribution in [0.25, 0.3) is 11.3 Å². The summed E-state index contributed by atoms with van der Waals surface area (Å²) >= 11 is 0. The third-order valence-electron chi connectivity index (χ3n) is 4.86. The number of aryl methyl sites for hydroxylation is 2.